The van der Waals surface area contributed by atoms with Crippen molar-refractivity contribution in [1.82, 2.24) is 10.3 Å². The minimum absolute atomic E-state index is 0.0771. The van der Waals surface area contributed by atoms with Gasteiger partial charge in [-0.05, 0) is 49.6 Å². The number of H-pyrrole nitrogens is 1. The molecule has 0 unspecified atom stereocenters. The van der Waals surface area contributed by atoms with Crippen molar-refractivity contribution in [3.05, 3.63) is 65.9 Å². The van der Waals surface area contributed by atoms with E-state index in [4.69, 9.17) is 0 Å². The molecule has 1 aromatic heterocycles. The largest absolute Gasteiger partial charge is 0.361 e. The van der Waals surface area contributed by atoms with Gasteiger partial charge in [0, 0.05) is 34.9 Å². The average Bonchev–Trinajstić information content (AvgIpc) is 3.15. The number of hydrogen-bond acceptors (Lipinski definition) is 2. The lowest BCUT2D eigenvalue weighted by molar-refractivity contribution is -0.120. The van der Waals surface area contributed by atoms with Gasteiger partial charge in [0.05, 0.1) is 0 Å². The molecule has 0 fully saturated rings. The highest BCUT2D eigenvalue weighted by molar-refractivity contribution is 6.08. The highest BCUT2D eigenvalue weighted by atomic mass is 16.2. The van der Waals surface area contributed by atoms with E-state index in [9.17, 15) is 9.59 Å². The van der Waals surface area contributed by atoms with E-state index in [1.54, 1.807) is 24.1 Å². The number of para-hydroxylation sites is 1. The lowest BCUT2D eigenvalue weighted by atomic mass is 10.0. The summed E-state index contributed by atoms with van der Waals surface area (Å²) in [5, 5.41) is 3.72. The molecule has 0 radical (unpaired) electrons. The number of anilines is 1. The molecule has 5 heteroatoms. The Hall–Kier alpha value is -3.08. The highest BCUT2D eigenvalue weighted by Crippen LogP contribution is 2.27. The van der Waals surface area contributed by atoms with Crippen LogP contribution in [-0.2, 0) is 11.2 Å². The van der Waals surface area contributed by atoms with Gasteiger partial charge in [-0.25, -0.2) is 0 Å². The molecule has 0 saturated heterocycles. The highest BCUT2D eigenvalue weighted by Gasteiger charge is 2.27. The van der Waals surface area contributed by atoms with Gasteiger partial charge in [-0.15, -0.1) is 0 Å². The zero-order valence-electron chi connectivity index (χ0n) is 14.7. The van der Waals surface area contributed by atoms with Crippen molar-refractivity contribution in [3.63, 3.8) is 0 Å². The minimum atomic E-state index is -0.595. The molecule has 0 bridgehead atoms. The first-order valence-electron chi connectivity index (χ1n) is 8.91. The van der Waals surface area contributed by atoms with Crippen molar-refractivity contribution in [2.45, 2.75) is 25.8 Å². The number of benzene rings is 2. The van der Waals surface area contributed by atoms with Crippen molar-refractivity contribution in [2.75, 3.05) is 11.4 Å². The fourth-order valence-electron chi connectivity index (χ4n) is 3.62. The van der Waals surface area contributed by atoms with Gasteiger partial charge in [-0.3, -0.25) is 9.59 Å². The molecule has 132 valence electrons. The number of fused-ring (bicyclic) bond motifs is 2. The quantitative estimate of drug-likeness (QED) is 0.764. The van der Waals surface area contributed by atoms with E-state index >= 15 is 0 Å². The van der Waals surface area contributed by atoms with Crippen molar-refractivity contribution >= 4 is 28.4 Å². The topological polar surface area (TPSA) is 65.2 Å². The van der Waals surface area contributed by atoms with Crippen LogP contribution in [0.5, 0.6) is 0 Å². The Morgan fingerprint density at radius 3 is 2.85 bits per heavy atom. The molecule has 2 heterocycles. The summed E-state index contributed by atoms with van der Waals surface area (Å²) in [4.78, 5) is 30.5. The molecule has 1 aliphatic rings. The molecule has 26 heavy (non-hydrogen) atoms. The number of rotatable bonds is 3. The lowest BCUT2D eigenvalue weighted by Crippen LogP contribution is -2.48. The minimum Gasteiger partial charge on any atom is -0.361 e. The molecule has 5 nitrogen and oxygen atoms in total. The van der Waals surface area contributed by atoms with Crippen LogP contribution in [0.2, 0.25) is 0 Å². The predicted molar refractivity (Wildman–Crippen MR) is 102 cm³/mol. The van der Waals surface area contributed by atoms with E-state index in [0.717, 1.165) is 29.4 Å². The summed E-state index contributed by atoms with van der Waals surface area (Å²) in [6.45, 7) is 2.43. The van der Waals surface area contributed by atoms with Gasteiger partial charge < -0.3 is 15.2 Å². The molecule has 2 N–H and O–H groups in total. The summed E-state index contributed by atoms with van der Waals surface area (Å²) in [7, 11) is 0. The van der Waals surface area contributed by atoms with Gasteiger partial charge >= 0.3 is 0 Å². The third-order valence-corrected chi connectivity index (χ3v) is 4.93. The number of hydrogen-bond donors (Lipinski definition) is 2. The first kappa shape index (κ1) is 16.4. The number of amides is 2. The Morgan fingerprint density at radius 2 is 1.96 bits per heavy atom. The number of carbonyl (C=O) groups excluding carboxylic acids is 2. The maximum atomic E-state index is 12.9. The summed E-state index contributed by atoms with van der Waals surface area (Å²) in [5.74, 6) is -0.312. The zero-order valence-corrected chi connectivity index (χ0v) is 14.7. The molecular formula is C21H21N3O2. The van der Waals surface area contributed by atoms with Gasteiger partial charge in [-0.1, -0.05) is 24.3 Å². The normalized spacial score (nSPS) is 14.7. The van der Waals surface area contributed by atoms with Crippen LogP contribution in [-0.4, -0.2) is 29.4 Å². The molecule has 4 rings (SSSR count). The van der Waals surface area contributed by atoms with Crippen LogP contribution in [0, 0.1) is 0 Å². The number of aromatic amines is 1. The summed E-state index contributed by atoms with van der Waals surface area (Å²) in [5.41, 5.74) is 3.62. The van der Waals surface area contributed by atoms with Crippen LogP contribution in [0.4, 0.5) is 5.69 Å². The summed E-state index contributed by atoms with van der Waals surface area (Å²) in [6, 6.07) is 14.8. The first-order chi connectivity index (χ1) is 12.6. The molecule has 0 spiro atoms. The summed E-state index contributed by atoms with van der Waals surface area (Å²) >= 11 is 0. The third-order valence-electron chi connectivity index (χ3n) is 4.93. The van der Waals surface area contributed by atoms with Crippen LogP contribution >= 0.6 is 0 Å². The molecule has 0 aliphatic carbocycles. The van der Waals surface area contributed by atoms with Gasteiger partial charge in [0.15, 0.2) is 0 Å². The second kappa shape index (κ2) is 6.67. The third kappa shape index (κ3) is 2.86. The Balaban J connectivity index is 1.53. The van der Waals surface area contributed by atoms with E-state index in [0.29, 0.717) is 12.1 Å². The number of nitrogens with zero attached hydrogens (tertiary/aromatic N) is 1. The van der Waals surface area contributed by atoms with Crippen LogP contribution in [0.3, 0.4) is 0 Å². The second-order valence-electron chi connectivity index (χ2n) is 6.66. The standard InChI is InChI=1S/C21H21N3O2/c1-14(21(26)24-13-5-7-15-6-2-3-10-19(15)24)23-20(25)17-8-4-9-18-16(17)11-12-22-18/h2-4,6,8-12,14,22H,5,7,13H2,1H3,(H,23,25)/t14-/m0/s1. The molecule has 0 saturated carbocycles. The molecule has 2 amide bonds. The molecule has 3 aromatic rings. The summed E-state index contributed by atoms with van der Waals surface area (Å²) < 4.78 is 0. The number of aryl methyl sites for hydroxylation is 1. The monoisotopic (exact) mass is 347 g/mol. The van der Waals surface area contributed by atoms with E-state index in [1.165, 1.54) is 5.56 Å². The van der Waals surface area contributed by atoms with Gasteiger partial charge in [0.25, 0.3) is 5.91 Å². The van der Waals surface area contributed by atoms with Crippen molar-refractivity contribution in [3.8, 4) is 0 Å². The molecule has 1 atom stereocenters. The van der Waals surface area contributed by atoms with Crippen molar-refractivity contribution in [2.24, 2.45) is 0 Å². The zero-order chi connectivity index (χ0) is 18.1. The van der Waals surface area contributed by atoms with Gasteiger partial charge in [0.1, 0.15) is 6.04 Å². The number of aromatic nitrogens is 1. The fraction of sp³-hybridized carbons (Fsp3) is 0.238. The maximum absolute atomic E-state index is 12.9. The number of carbonyl (C=O) groups is 2. The van der Waals surface area contributed by atoms with Crippen molar-refractivity contribution in [1.29, 1.82) is 0 Å². The van der Waals surface area contributed by atoms with E-state index in [-0.39, 0.29) is 11.8 Å². The second-order valence-corrected chi connectivity index (χ2v) is 6.66. The molecular weight excluding hydrogens is 326 g/mol. The van der Waals surface area contributed by atoms with E-state index < -0.39 is 6.04 Å². The molecule has 1 aliphatic heterocycles. The predicted octanol–water partition coefficient (Wildman–Crippen LogP) is 3.27. The van der Waals surface area contributed by atoms with Crippen LogP contribution < -0.4 is 10.2 Å². The smallest absolute Gasteiger partial charge is 0.252 e. The van der Waals surface area contributed by atoms with E-state index in [1.807, 2.05) is 36.4 Å². The Bertz CT molecular complexity index is 976. The van der Waals surface area contributed by atoms with Crippen LogP contribution in [0.25, 0.3) is 10.9 Å². The average molecular weight is 347 g/mol. The van der Waals surface area contributed by atoms with Crippen molar-refractivity contribution < 1.29 is 9.59 Å². The molecule has 2 aromatic carbocycles. The summed E-state index contributed by atoms with van der Waals surface area (Å²) in [6.07, 6.45) is 3.73. The van der Waals surface area contributed by atoms with Gasteiger partial charge in [0.2, 0.25) is 5.91 Å². The fourth-order valence-corrected chi connectivity index (χ4v) is 3.62. The van der Waals surface area contributed by atoms with Gasteiger partial charge in [-0.2, -0.15) is 0 Å². The van der Waals surface area contributed by atoms with Crippen LogP contribution in [0.15, 0.2) is 54.7 Å². The Morgan fingerprint density at radius 1 is 1.12 bits per heavy atom. The lowest BCUT2D eigenvalue weighted by Gasteiger charge is -2.31. The maximum Gasteiger partial charge on any atom is 0.252 e. The van der Waals surface area contributed by atoms with E-state index in [2.05, 4.69) is 16.4 Å². The van der Waals surface area contributed by atoms with Crippen LogP contribution in [0.1, 0.15) is 29.3 Å². The first-order valence-corrected chi connectivity index (χ1v) is 8.91. The number of nitrogens with one attached hydrogen (secondary N) is 2. The SMILES string of the molecule is C[C@H](NC(=O)c1cccc2[nH]ccc12)C(=O)N1CCCc2ccccc21. The Labute approximate surface area is 152 Å². The Kier molecular flexibility index (Phi) is 4.21.